The second-order valence-corrected chi connectivity index (χ2v) is 3.75. The fourth-order valence-electron chi connectivity index (χ4n) is 1.76. The molecular formula is C11H22N2. The molecule has 0 aliphatic carbocycles. The summed E-state index contributed by atoms with van der Waals surface area (Å²) >= 11 is 0. The molecule has 0 aromatic rings. The van der Waals surface area contributed by atoms with E-state index in [9.17, 15) is 0 Å². The molecule has 76 valence electrons. The zero-order valence-corrected chi connectivity index (χ0v) is 8.76. The molecule has 0 atom stereocenters. The topological polar surface area (TPSA) is 29.3 Å². The molecule has 1 rings (SSSR count). The van der Waals surface area contributed by atoms with Crippen molar-refractivity contribution in [2.24, 2.45) is 5.73 Å². The predicted molar refractivity (Wildman–Crippen MR) is 57.7 cm³/mol. The molecule has 0 bridgehead atoms. The summed E-state index contributed by atoms with van der Waals surface area (Å²) in [5.41, 5.74) is 7.11. The van der Waals surface area contributed by atoms with Crippen molar-refractivity contribution in [1.29, 1.82) is 0 Å². The summed E-state index contributed by atoms with van der Waals surface area (Å²) in [6.07, 6.45) is 7.40. The van der Waals surface area contributed by atoms with Crippen LogP contribution < -0.4 is 5.73 Å². The van der Waals surface area contributed by atoms with Gasteiger partial charge in [0.05, 0.1) is 0 Å². The van der Waals surface area contributed by atoms with Crippen LogP contribution in [0.15, 0.2) is 11.6 Å². The normalized spacial score (nSPS) is 18.8. The Labute approximate surface area is 81.8 Å². The highest BCUT2D eigenvalue weighted by molar-refractivity contribution is 5.07. The average Bonchev–Trinajstić information content (AvgIpc) is 2.19. The van der Waals surface area contributed by atoms with Crippen molar-refractivity contribution in [3.63, 3.8) is 0 Å². The summed E-state index contributed by atoms with van der Waals surface area (Å²) in [4.78, 5) is 2.48. The SMILES string of the molecule is CCN1CC=C(CCCCN)CC1. The molecule has 0 unspecified atom stereocenters. The predicted octanol–water partition coefficient (Wildman–Crippen LogP) is 1.77. The molecule has 0 radical (unpaired) electrons. The molecule has 2 N–H and O–H groups in total. The van der Waals surface area contributed by atoms with Gasteiger partial charge in [-0.25, -0.2) is 0 Å². The van der Waals surface area contributed by atoms with E-state index in [-0.39, 0.29) is 0 Å². The lowest BCUT2D eigenvalue weighted by Crippen LogP contribution is -2.28. The maximum Gasteiger partial charge on any atom is 0.0165 e. The second-order valence-electron chi connectivity index (χ2n) is 3.75. The van der Waals surface area contributed by atoms with Crippen molar-refractivity contribution < 1.29 is 0 Å². The average molecular weight is 182 g/mol. The first-order valence-electron chi connectivity index (χ1n) is 5.47. The molecular weight excluding hydrogens is 160 g/mol. The van der Waals surface area contributed by atoms with E-state index in [0.29, 0.717) is 0 Å². The van der Waals surface area contributed by atoms with Crippen LogP contribution in [0, 0.1) is 0 Å². The minimum absolute atomic E-state index is 0.842. The van der Waals surface area contributed by atoms with Crippen LogP contribution in [0.4, 0.5) is 0 Å². The Kier molecular flexibility index (Phi) is 5.09. The van der Waals surface area contributed by atoms with Crippen molar-refractivity contribution in [3.05, 3.63) is 11.6 Å². The smallest absolute Gasteiger partial charge is 0.0165 e. The van der Waals surface area contributed by atoms with Crippen LogP contribution >= 0.6 is 0 Å². The maximum absolute atomic E-state index is 5.46. The first-order valence-corrected chi connectivity index (χ1v) is 5.47. The van der Waals surface area contributed by atoms with Gasteiger partial charge in [-0.15, -0.1) is 0 Å². The molecule has 0 aromatic carbocycles. The van der Waals surface area contributed by atoms with Crippen LogP contribution in [0.5, 0.6) is 0 Å². The Hall–Kier alpha value is -0.340. The van der Waals surface area contributed by atoms with Gasteiger partial charge < -0.3 is 5.73 Å². The fourth-order valence-corrected chi connectivity index (χ4v) is 1.76. The highest BCUT2D eigenvalue weighted by Gasteiger charge is 2.08. The second kappa shape index (κ2) is 6.17. The van der Waals surface area contributed by atoms with Crippen molar-refractivity contribution in [2.45, 2.75) is 32.6 Å². The molecule has 1 aliphatic rings. The lowest BCUT2D eigenvalue weighted by atomic mass is 10.0. The Balaban J connectivity index is 2.17. The van der Waals surface area contributed by atoms with Crippen LogP contribution in [-0.4, -0.2) is 31.1 Å². The zero-order chi connectivity index (χ0) is 9.52. The molecule has 0 amide bonds. The van der Waals surface area contributed by atoms with Crippen LogP contribution in [0.1, 0.15) is 32.6 Å². The number of nitrogens with zero attached hydrogens (tertiary/aromatic N) is 1. The molecule has 2 nitrogen and oxygen atoms in total. The molecule has 2 heteroatoms. The first kappa shape index (κ1) is 10.7. The third-order valence-corrected chi connectivity index (χ3v) is 2.79. The van der Waals surface area contributed by atoms with Gasteiger partial charge in [0.1, 0.15) is 0 Å². The minimum Gasteiger partial charge on any atom is -0.330 e. The number of likely N-dealkylation sites (N-methyl/N-ethyl adjacent to an activating group) is 1. The third-order valence-electron chi connectivity index (χ3n) is 2.79. The molecule has 13 heavy (non-hydrogen) atoms. The number of hydrogen-bond donors (Lipinski definition) is 1. The van der Waals surface area contributed by atoms with Crippen molar-refractivity contribution in [3.8, 4) is 0 Å². The van der Waals surface area contributed by atoms with Crippen molar-refractivity contribution >= 4 is 0 Å². The minimum atomic E-state index is 0.842. The van der Waals surface area contributed by atoms with Crippen LogP contribution in [-0.2, 0) is 0 Å². The maximum atomic E-state index is 5.46. The highest BCUT2D eigenvalue weighted by atomic mass is 15.1. The Morgan fingerprint density at radius 3 is 2.85 bits per heavy atom. The van der Waals surface area contributed by atoms with Crippen molar-refractivity contribution in [1.82, 2.24) is 4.90 Å². The summed E-state index contributed by atoms with van der Waals surface area (Å²) < 4.78 is 0. The summed E-state index contributed by atoms with van der Waals surface area (Å²) in [5, 5.41) is 0. The summed E-state index contributed by atoms with van der Waals surface area (Å²) in [6, 6.07) is 0. The lowest BCUT2D eigenvalue weighted by molar-refractivity contribution is 0.307. The Bertz CT molecular complexity index is 163. The van der Waals surface area contributed by atoms with E-state index in [1.54, 1.807) is 5.57 Å². The molecule has 0 aromatic heterocycles. The van der Waals surface area contributed by atoms with Crippen LogP contribution in [0.2, 0.25) is 0 Å². The fraction of sp³-hybridized carbons (Fsp3) is 0.818. The summed E-state index contributed by atoms with van der Waals surface area (Å²) in [5.74, 6) is 0. The van der Waals surface area contributed by atoms with Gasteiger partial charge in [-0.1, -0.05) is 18.6 Å². The monoisotopic (exact) mass is 182 g/mol. The highest BCUT2D eigenvalue weighted by Crippen LogP contribution is 2.16. The Morgan fingerprint density at radius 1 is 1.46 bits per heavy atom. The van der Waals surface area contributed by atoms with E-state index in [0.717, 1.165) is 13.1 Å². The van der Waals surface area contributed by atoms with Crippen molar-refractivity contribution in [2.75, 3.05) is 26.2 Å². The van der Waals surface area contributed by atoms with Gasteiger partial charge in [-0.05, 0) is 38.8 Å². The number of rotatable bonds is 5. The van der Waals surface area contributed by atoms with Gasteiger partial charge in [0, 0.05) is 13.1 Å². The first-order chi connectivity index (χ1) is 6.36. The number of nitrogens with two attached hydrogens (primary N) is 1. The van der Waals surface area contributed by atoms with Gasteiger partial charge in [0.25, 0.3) is 0 Å². The number of unbranched alkanes of at least 4 members (excludes halogenated alkanes) is 1. The van der Waals surface area contributed by atoms with E-state index in [4.69, 9.17) is 5.73 Å². The molecule has 1 aliphatic heterocycles. The van der Waals surface area contributed by atoms with Gasteiger partial charge in [-0.2, -0.15) is 0 Å². The van der Waals surface area contributed by atoms with E-state index in [2.05, 4.69) is 17.9 Å². The zero-order valence-electron chi connectivity index (χ0n) is 8.76. The van der Waals surface area contributed by atoms with Crippen LogP contribution in [0.25, 0.3) is 0 Å². The summed E-state index contributed by atoms with van der Waals surface area (Å²) in [7, 11) is 0. The molecule has 0 fully saturated rings. The molecule has 1 heterocycles. The lowest BCUT2D eigenvalue weighted by Gasteiger charge is -2.24. The van der Waals surface area contributed by atoms with E-state index < -0.39 is 0 Å². The van der Waals surface area contributed by atoms with Gasteiger partial charge in [-0.3, -0.25) is 4.90 Å². The van der Waals surface area contributed by atoms with Crippen LogP contribution in [0.3, 0.4) is 0 Å². The molecule has 0 spiro atoms. The van der Waals surface area contributed by atoms with E-state index >= 15 is 0 Å². The van der Waals surface area contributed by atoms with Gasteiger partial charge in [0.2, 0.25) is 0 Å². The number of hydrogen-bond acceptors (Lipinski definition) is 2. The quantitative estimate of drug-likeness (QED) is 0.518. The summed E-state index contributed by atoms with van der Waals surface area (Å²) in [6.45, 7) is 6.67. The molecule has 0 saturated heterocycles. The largest absolute Gasteiger partial charge is 0.330 e. The Morgan fingerprint density at radius 2 is 2.31 bits per heavy atom. The molecule has 0 saturated carbocycles. The van der Waals surface area contributed by atoms with E-state index in [1.807, 2.05) is 0 Å². The third kappa shape index (κ3) is 3.92. The van der Waals surface area contributed by atoms with E-state index in [1.165, 1.54) is 38.8 Å². The van der Waals surface area contributed by atoms with Gasteiger partial charge >= 0.3 is 0 Å². The van der Waals surface area contributed by atoms with Gasteiger partial charge in [0.15, 0.2) is 0 Å². The standard InChI is InChI=1S/C11H22N2/c1-2-13-9-6-11(7-10-13)5-3-4-8-12/h6H,2-5,7-10,12H2,1H3.